The van der Waals surface area contributed by atoms with Crippen molar-refractivity contribution >= 4 is 60.9 Å². The summed E-state index contributed by atoms with van der Waals surface area (Å²) in [6, 6.07) is 75.0. The predicted molar refractivity (Wildman–Crippen MR) is 237 cm³/mol. The van der Waals surface area contributed by atoms with Gasteiger partial charge in [0.05, 0.1) is 5.69 Å². The van der Waals surface area contributed by atoms with Crippen molar-refractivity contribution in [1.29, 1.82) is 0 Å². The molecular formula is C54H35NO2. The van der Waals surface area contributed by atoms with Crippen LogP contribution in [0.25, 0.3) is 88.4 Å². The van der Waals surface area contributed by atoms with Crippen LogP contribution >= 0.6 is 0 Å². The van der Waals surface area contributed by atoms with Crippen LogP contribution in [0.15, 0.2) is 221 Å². The molecule has 0 radical (unpaired) electrons. The van der Waals surface area contributed by atoms with Crippen LogP contribution < -0.4 is 4.90 Å². The number of hydrogen-bond acceptors (Lipinski definition) is 3. The Morgan fingerprint density at radius 2 is 0.754 bits per heavy atom. The van der Waals surface area contributed by atoms with Gasteiger partial charge >= 0.3 is 0 Å². The highest BCUT2D eigenvalue weighted by Crippen LogP contribution is 2.45. The molecule has 0 bridgehead atoms. The average molecular weight is 730 g/mol. The smallest absolute Gasteiger partial charge is 0.159 e. The Kier molecular flexibility index (Phi) is 7.82. The van der Waals surface area contributed by atoms with Gasteiger partial charge in [0.1, 0.15) is 16.7 Å². The molecule has 0 aliphatic heterocycles. The highest BCUT2D eigenvalue weighted by atomic mass is 16.3. The Labute approximate surface area is 330 Å². The minimum absolute atomic E-state index is 0.845. The van der Waals surface area contributed by atoms with Gasteiger partial charge in [0.25, 0.3) is 0 Å². The van der Waals surface area contributed by atoms with Crippen LogP contribution in [0, 0.1) is 0 Å². The first-order chi connectivity index (χ1) is 28.2. The Bertz CT molecular complexity index is 3200. The topological polar surface area (TPSA) is 29.5 Å². The second-order valence-electron chi connectivity index (χ2n) is 14.5. The van der Waals surface area contributed by atoms with E-state index in [4.69, 9.17) is 8.83 Å². The van der Waals surface area contributed by atoms with Gasteiger partial charge in [0, 0.05) is 38.5 Å². The number of rotatable bonds is 7. The van der Waals surface area contributed by atoms with Crippen molar-refractivity contribution in [2.75, 3.05) is 4.90 Å². The first kappa shape index (κ1) is 32.8. The van der Waals surface area contributed by atoms with Crippen molar-refractivity contribution in [2.45, 2.75) is 0 Å². The number of anilines is 3. The van der Waals surface area contributed by atoms with Crippen LogP contribution in [-0.4, -0.2) is 0 Å². The molecular weight excluding hydrogens is 695 g/mol. The fourth-order valence-electron chi connectivity index (χ4n) is 8.25. The van der Waals surface area contributed by atoms with Gasteiger partial charge in [0.2, 0.25) is 0 Å². The third-order valence-electron chi connectivity index (χ3n) is 11.1. The van der Waals surface area contributed by atoms with Crippen molar-refractivity contribution in [3.8, 4) is 44.5 Å². The predicted octanol–water partition coefficient (Wildman–Crippen LogP) is 15.6. The van der Waals surface area contributed by atoms with Gasteiger partial charge in [0.15, 0.2) is 5.58 Å². The molecule has 0 aliphatic rings. The van der Waals surface area contributed by atoms with Crippen LogP contribution in [0.4, 0.5) is 17.1 Å². The molecule has 2 aromatic heterocycles. The molecule has 0 saturated carbocycles. The number of benzene rings is 9. The van der Waals surface area contributed by atoms with Gasteiger partial charge in [-0.05, 0) is 87.5 Å². The number of furan rings is 2. The lowest BCUT2D eigenvalue weighted by Gasteiger charge is -2.26. The molecule has 0 saturated heterocycles. The molecule has 9 aromatic carbocycles. The molecule has 0 unspecified atom stereocenters. The molecule has 0 N–H and O–H groups in total. The molecule has 3 heteroatoms. The molecule has 268 valence electrons. The maximum absolute atomic E-state index is 6.94. The average Bonchev–Trinajstić information content (AvgIpc) is 3.86. The lowest BCUT2D eigenvalue weighted by Crippen LogP contribution is -2.10. The molecule has 0 spiro atoms. The first-order valence-corrected chi connectivity index (χ1v) is 19.3. The van der Waals surface area contributed by atoms with Crippen LogP contribution in [0.1, 0.15) is 0 Å². The van der Waals surface area contributed by atoms with E-state index in [9.17, 15) is 0 Å². The summed E-state index contributed by atoms with van der Waals surface area (Å²) in [4.78, 5) is 2.31. The lowest BCUT2D eigenvalue weighted by molar-refractivity contribution is 0.669. The summed E-state index contributed by atoms with van der Waals surface area (Å²) >= 11 is 0. The standard InChI is InChI=1S/C54H35NO2/c1-3-11-36(12-4-1)37-21-23-38(24-22-37)39-25-30-43(31-26-39)55(44-32-27-40(28-33-44)42-29-34-52-49(35-42)46-15-7-8-20-51(46)56-52)50-19-10-18-48-47-17-9-16-45(53(47)57-54(48)50)41-13-5-2-6-14-41/h1-35H. The monoisotopic (exact) mass is 729 g/mol. The van der Waals surface area contributed by atoms with E-state index in [-0.39, 0.29) is 0 Å². The SMILES string of the molecule is c1ccc(-c2ccc(-c3ccc(N(c4ccc(-c5ccc6oc7ccccc7c6c5)cc4)c4cccc5c4oc4c(-c6ccccc6)cccc45)cc3)cc2)cc1. The second kappa shape index (κ2) is 13.6. The zero-order chi connectivity index (χ0) is 37.7. The maximum atomic E-state index is 6.94. The van der Waals surface area contributed by atoms with Crippen LogP contribution in [-0.2, 0) is 0 Å². The van der Waals surface area contributed by atoms with E-state index in [0.717, 1.165) is 88.8 Å². The van der Waals surface area contributed by atoms with Crippen LogP contribution in [0.3, 0.4) is 0 Å². The number of para-hydroxylation sites is 3. The summed E-state index contributed by atoms with van der Waals surface area (Å²) in [7, 11) is 0. The van der Waals surface area contributed by atoms with Crippen molar-refractivity contribution in [1.82, 2.24) is 0 Å². The number of hydrogen-bond donors (Lipinski definition) is 0. The second-order valence-corrected chi connectivity index (χ2v) is 14.5. The van der Waals surface area contributed by atoms with E-state index < -0.39 is 0 Å². The molecule has 11 aromatic rings. The molecule has 11 rings (SSSR count). The Balaban J connectivity index is 1.02. The normalized spacial score (nSPS) is 11.5. The molecule has 0 amide bonds. The minimum Gasteiger partial charge on any atom is -0.456 e. The summed E-state index contributed by atoms with van der Waals surface area (Å²) in [5.41, 5.74) is 15.8. The number of nitrogens with zero attached hydrogens (tertiary/aromatic N) is 1. The Morgan fingerprint density at radius 3 is 1.42 bits per heavy atom. The van der Waals surface area contributed by atoms with Crippen LogP contribution in [0.5, 0.6) is 0 Å². The van der Waals surface area contributed by atoms with E-state index in [1.807, 2.05) is 18.2 Å². The van der Waals surface area contributed by atoms with Gasteiger partial charge in [-0.15, -0.1) is 0 Å². The third-order valence-corrected chi connectivity index (χ3v) is 11.1. The zero-order valence-electron chi connectivity index (χ0n) is 31.0. The van der Waals surface area contributed by atoms with E-state index in [0.29, 0.717) is 0 Å². The summed E-state index contributed by atoms with van der Waals surface area (Å²) in [6.07, 6.45) is 0. The van der Waals surface area contributed by atoms with E-state index in [1.165, 1.54) is 16.7 Å². The van der Waals surface area contributed by atoms with Gasteiger partial charge in [-0.1, -0.05) is 164 Å². The lowest BCUT2D eigenvalue weighted by atomic mass is 10.00. The largest absolute Gasteiger partial charge is 0.456 e. The molecule has 0 aliphatic carbocycles. The highest BCUT2D eigenvalue weighted by molar-refractivity contribution is 6.13. The Morgan fingerprint density at radius 1 is 0.281 bits per heavy atom. The summed E-state index contributed by atoms with van der Waals surface area (Å²) < 4.78 is 13.1. The first-order valence-electron chi connectivity index (χ1n) is 19.3. The fraction of sp³-hybridized carbons (Fsp3) is 0. The quantitative estimate of drug-likeness (QED) is 0.164. The van der Waals surface area contributed by atoms with Gasteiger partial charge in [-0.25, -0.2) is 0 Å². The Hall–Kier alpha value is -7.62. The summed E-state index contributed by atoms with van der Waals surface area (Å²) in [6.45, 7) is 0. The van der Waals surface area contributed by atoms with E-state index in [2.05, 4.69) is 199 Å². The van der Waals surface area contributed by atoms with Gasteiger partial charge in [-0.2, -0.15) is 0 Å². The maximum Gasteiger partial charge on any atom is 0.159 e. The fourth-order valence-corrected chi connectivity index (χ4v) is 8.25. The van der Waals surface area contributed by atoms with Crippen molar-refractivity contribution in [3.05, 3.63) is 212 Å². The molecule has 0 fully saturated rings. The van der Waals surface area contributed by atoms with Crippen molar-refractivity contribution in [2.24, 2.45) is 0 Å². The van der Waals surface area contributed by atoms with Crippen molar-refractivity contribution < 1.29 is 8.83 Å². The van der Waals surface area contributed by atoms with E-state index in [1.54, 1.807) is 0 Å². The number of fused-ring (bicyclic) bond motifs is 6. The van der Waals surface area contributed by atoms with Gasteiger partial charge < -0.3 is 13.7 Å². The van der Waals surface area contributed by atoms with E-state index >= 15 is 0 Å². The minimum atomic E-state index is 0.845. The highest BCUT2D eigenvalue weighted by Gasteiger charge is 2.21. The molecule has 57 heavy (non-hydrogen) atoms. The summed E-state index contributed by atoms with van der Waals surface area (Å²) in [5, 5.41) is 4.43. The molecule has 3 nitrogen and oxygen atoms in total. The van der Waals surface area contributed by atoms with Crippen LogP contribution in [0.2, 0.25) is 0 Å². The summed E-state index contributed by atoms with van der Waals surface area (Å²) in [5.74, 6) is 0. The van der Waals surface area contributed by atoms with Gasteiger partial charge in [-0.3, -0.25) is 0 Å². The molecule has 2 heterocycles. The van der Waals surface area contributed by atoms with Crippen molar-refractivity contribution in [3.63, 3.8) is 0 Å². The third kappa shape index (κ3) is 5.76. The zero-order valence-corrected chi connectivity index (χ0v) is 31.0. The molecule has 0 atom stereocenters.